The van der Waals surface area contributed by atoms with Crippen molar-refractivity contribution in [1.82, 2.24) is 5.32 Å². The van der Waals surface area contributed by atoms with Gasteiger partial charge in [-0.1, -0.05) is 26.2 Å². The highest BCUT2D eigenvalue weighted by Crippen LogP contribution is 2.49. The maximum absolute atomic E-state index is 5.01. The van der Waals surface area contributed by atoms with E-state index in [-0.39, 0.29) is 0 Å². The zero-order valence-electron chi connectivity index (χ0n) is 9.77. The molecule has 1 aliphatic rings. The van der Waals surface area contributed by atoms with Crippen molar-refractivity contribution in [2.24, 2.45) is 5.41 Å². The maximum Gasteiger partial charge on any atom is 0.0587 e. The minimum absolute atomic E-state index is 0.683. The Hall–Kier alpha value is -0.0800. The van der Waals surface area contributed by atoms with Gasteiger partial charge in [-0.3, -0.25) is 0 Å². The summed E-state index contributed by atoms with van der Waals surface area (Å²) in [5.74, 6) is 0. The van der Waals surface area contributed by atoms with E-state index in [4.69, 9.17) is 4.74 Å². The van der Waals surface area contributed by atoms with Gasteiger partial charge in [0, 0.05) is 20.2 Å². The Kier molecular flexibility index (Phi) is 5.49. The molecule has 0 bridgehead atoms. The number of rotatable bonds is 9. The number of methoxy groups -OCH3 is 1. The smallest absolute Gasteiger partial charge is 0.0587 e. The molecule has 0 atom stereocenters. The number of hydrogen-bond donors (Lipinski definition) is 1. The summed E-state index contributed by atoms with van der Waals surface area (Å²) in [5.41, 5.74) is 0.683. The standard InChI is InChI=1S/C12H25NO/c1-3-4-5-6-12(7-8-12)11-13-9-10-14-2/h13H,3-11H2,1-2H3. The topological polar surface area (TPSA) is 21.3 Å². The highest BCUT2D eigenvalue weighted by Gasteiger charge is 2.40. The van der Waals surface area contributed by atoms with Crippen LogP contribution in [0, 0.1) is 5.41 Å². The van der Waals surface area contributed by atoms with Gasteiger partial charge < -0.3 is 10.1 Å². The summed E-state index contributed by atoms with van der Waals surface area (Å²) in [4.78, 5) is 0. The quantitative estimate of drug-likeness (QED) is 0.576. The molecular formula is C12H25NO. The Morgan fingerprint density at radius 3 is 2.64 bits per heavy atom. The molecule has 0 aromatic carbocycles. The van der Waals surface area contributed by atoms with Gasteiger partial charge in [0.25, 0.3) is 0 Å². The van der Waals surface area contributed by atoms with E-state index in [0.29, 0.717) is 5.41 Å². The van der Waals surface area contributed by atoms with Gasteiger partial charge >= 0.3 is 0 Å². The molecule has 0 saturated heterocycles. The second-order valence-corrected chi connectivity index (χ2v) is 4.63. The van der Waals surface area contributed by atoms with Gasteiger partial charge in [-0.05, 0) is 24.7 Å². The highest BCUT2D eigenvalue weighted by atomic mass is 16.5. The SMILES string of the molecule is CCCCCC1(CNCCOC)CC1. The summed E-state index contributed by atoms with van der Waals surface area (Å²) < 4.78 is 5.01. The van der Waals surface area contributed by atoms with Crippen LogP contribution < -0.4 is 5.32 Å². The molecule has 1 fully saturated rings. The molecule has 1 saturated carbocycles. The molecule has 84 valence electrons. The summed E-state index contributed by atoms with van der Waals surface area (Å²) in [5, 5.41) is 3.49. The number of unbranched alkanes of at least 4 members (excludes halogenated alkanes) is 2. The van der Waals surface area contributed by atoms with E-state index in [0.717, 1.165) is 13.2 Å². The van der Waals surface area contributed by atoms with E-state index in [9.17, 15) is 0 Å². The van der Waals surface area contributed by atoms with E-state index in [1.807, 2.05) is 0 Å². The fourth-order valence-electron chi connectivity index (χ4n) is 1.97. The van der Waals surface area contributed by atoms with E-state index in [1.54, 1.807) is 7.11 Å². The minimum Gasteiger partial charge on any atom is -0.383 e. The van der Waals surface area contributed by atoms with Crippen LogP contribution in [0.3, 0.4) is 0 Å². The first-order valence-corrected chi connectivity index (χ1v) is 6.03. The third-order valence-corrected chi connectivity index (χ3v) is 3.25. The van der Waals surface area contributed by atoms with Gasteiger partial charge in [0.2, 0.25) is 0 Å². The molecule has 0 aliphatic heterocycles. The Morgan fingerprint density at radius 2 is 2.07 bits per heavy atom. The molecule has 0 amide bonds. The van der Waals surface area contributed by atoms with Crippen LogP contribution in [-0.4, -0.2) is 26.8 Å². The van der Waals surface area contributed by atoms with Crippen LogP contribution in [-0.2, 0) is 4.74 Å². The molecule has 2 heteroatoms. The van der Waals surface area contributed by atoms with Crippen LogP contribution in [0.4, 0.5) is 0 Å². The summed E-state index contributed by atoms with van der Waals surface area (Å²) >= 11 is 0. The lowest BCUT2D eigenvalue weighted by Gasteiger charge is -2.15. The van der Waals surface area contributed by atoms with Gasteiger partial charge in [0.05, 0.1) is 6.61 Å². The van der Waals surface area contributed by atoms with Crippen LogP contribution >= 0.6 is 0 Å². The zero-order chi connectivity index (χ0) is 10.3. The molecule has 14 heavy (non-hydrogen) atoms. The number of hydrogen-bond acceptors (Lipinski definition) is 2. The Morgan fingerprint density at radius 1 is 1.29 bits per heavy atom. The zero-order valence-corrected chi connectivity index (χ0v) is 9.77. The molecule has 0 radical (unpaired) electrons. The van der Waals surface area contributed by atoms with Crippen LogP contribution in [0.5, 0.6) is 0 Å². The highest BCUT2D eigenvalue weighted by molar-refractivity contribution is 4.94. The van der Waals surface area contributed by atoms with Crippen molar-refractivity contribution < 1.29 is 4.74 Å². The van der Waals surface area contributed by atoms with Crippen LogP contribution in [0.2, 0.25) is 0 Å². The number of nitrogens with one attached hydrogen (secondary N) is 1. The third kappa shape index (κ3) is 4.43. The van der Waals surface area contributed by atoms with Gasteiger partial charge in [-0.2, -0.15) is 0 Å². The third-order valence-electron chi connectivity index (χ3n) is 3.25. The van der Waals surface area contributed by atoms with Crippen molar-refractivity contribution >= 4 is 0 Å². The summed E-state index contributed by atoms with van der Waals surface area (Å²) in [6, 6.07) is 0. The molecule has 1 N–H and O–H groups in total. The predicted octanol–water partition coefficient (Wildman–Crippen LogP) is 2.58. The molecule has 0 aromatic rings. The van der Waals surface area contributed by atoms with Crippen molar-refractivity contribution in [2.45, 2.75) is 45.4 Å². The molecule has 2 nitrogen and oxygen atoms in total. The number of ether oxygens (including phenoxy) is 1. The summed E-state index contributed by atoms with van der Waals surface area (Å²) in [6.45, 7) is 5.33. The lowest BCUT2D eigenvalue weighted by atomic mass is 9.98. The summed E-state index contributed by atoms with van der Waals surface area (Å²) in [6.07, 6.45) is 8.48. The van der Waals surface area contributed by atoms with Crippen molar-refractivity contribution in [3.63, 3.8) is 0 Å². The van der Waals surface area contributed by atoms with Crippen molar-refractivity contribution in [2.75, 3.05) is 26.8 Å². The Labute approximate surface area is 88.4 Å². The first kappa shape index (κ1) is 12.0. The fourth-order valence-corrected chi connectivity index (χ4v) is 1.97. The first-order valence-electron chi connectivity index (χ1n) is 6.03. The molecule has 0 heterocycles. The average molecular weight is 199 g/mol. The Bertz CT molecular complexity index is 143. The van der Waals surface area contributed by atoms with Gasteiger partial charge in [-0.25, -0.2) is 0 Å². The molecular weight excluding hydrogens is 174 g/mol. The lowest BCUT2D eigenvalue weighted by molar-refractivity contribution is 0.196. The maximum atomic E-state index is 5.01. The average Bonchev–Trinajstić information content (AvgIpc) is 2.94. The normalized spacial score (nSPS) is 18.4. The van der Waals surface area contributed by atoms with Crippen molar-refractivity contribution in [3.8, 4) is 0 Å². The molecule has 1 aliphatic carbocycles. The second kappa shape index (κ2) is 6.41. The summed E-state index contributed by atoms with van der Waals surface area (Å²) in [7, 11) is 1.76. The van der Waals surface area contributed by atoms with Crippen LogP contribution in [0.25, 0.3) is 0 Å². The van der Waals surface area contributed by atoms with Crippen molar-refractivity contribution in [3.05, 3.63) is 0 Å². The molecule has 1 rings (SSSR count). The van der Waals surface area contributed by atoms with Gasteiger partial charge in [-0.15, -0.1) is 0 Å². The molecule has 0 unspecified atom stereocenters. The van der Waals surface area contributed by atoms with Gasteiger partial charge in [0.1, 0.15) is 0 Å². The lowest BCUT2D eigenvalue weighted by Crippen LogP contribution is -2.27. The minimum atomic E-state index is 0.683. The van der Waals surface area contributed by atoms with E-state index in [1.165, 1.54) is 45.1 Å². The second-order valence-electron chi connectivity index (χ2n) is 4.63. The predicted molar refractivity (Wildman–Crippen MR) is 60.6 cm³/mol. The monoisotopic (exact) mass is 199 g/mol. The van der Waals surface area contributed by atoms with E-state index >= 15 is 0 Å². The Balaban J connectivity index is 1.98. The molecule has 0 spiro atoms. The largest absolute Gasteiger partial charge is 0.383 e. The fraction of sp³-hybridized carbons (Fsp3) is 1.00. The van der Waals surface area contributed by atoms with E-state index < -0.39 is 0 Å². The van der Waals surface area contributed by atoms with E-state index in [2.05, 4.69) is 12.2 Å². The molecule has 0 aromatic heterocycles. The van der Waals surface area contributed by atoms with Crippen molar-refractivity contribution in [1.29, 1.82) is 0 Å². The van der Waals surface area contributed by atoms with Crippen LogP contribution in [0.1, 0.15) is 45.4 Å². The first-order chi connectivity index (χ1) is 6.83. The van der Waals surface area contributed by atoms with Gasteiger partial charge in [0.15, 0.2) is 0 Å². The van der Waals surface area contributed by atoms with Crippen LogP contribution in [0.15, 0.2) is 0 Å².